The first-order valence-electron chi connectivity index (χ1n) is 8.63. The summed E-state index contributed by atoms with van der Waals surface area (Å²) in [4.78, 5) is 12.2. The van der Waals surface area contributed by atoms with Gasteiger partial charge in [0.05, 0.1) is 19.6 Å². The van der Waals surface area contributed by atoms with Crippen LogP contribution in [-0.2, 0) is 19.6 Å². The number of ether oxygens (including phenoxy) is 2. The molecular formula is C17H28ClN3O5S. The van der Waals surface area contributed by atoms with Gasteiger partial charge in [0.15, 0.2) is 0 Å². The topological polar surface area (TPSA) is 111 Å². The van der Waals surface area contributed by atoms with Gasteiger partial charge in [0.25, 0.3) is 0 Å². The van der Waals surface area contributed by atoms with Crippen LogP contribution in [0.15, 0.2) is 23.1 Å². The minimum Gasteiger partial charge on any atom is -0.495 e. The molecule has 154 valence electrons. The number of anilines is 1. The van der Waals surface area contributed by atoms with E-state index < -0.39 is 10.0 Å². The number of hydrogen-bond donors (Lipinski definition) is 2. The van der Waals surface area contributed by atoms with Gasteiger partial charge in [-0.15, -0.1) is 12.4 Å². The van der Waals surface area contributed by atoms with E-state index in [0.717, 1.165) is 19.3 Å². The van der Waals surface area contributed by atoms with E-state index in [4.69, 9.17) is 15.2 Å². The zero-order valence-electron chi connectivity index (χ0n) is 15.6. The second kappa shape index (κ2) is 10.8. The first-order valence-corrected chi connectivity index (χ1v) is 10.1. The molecule has 1 amide bonds. The highest BCUT2D eigenvalue weighted by Crippen LogP contribution is 2.31. The number of carbonyl (C=O) groups excluding carboxylic acids is 1. The van der Waals surface area contributed by atoms with Gasteiger partial charge in [-0.1, -0.05) is 6.42 Å². The number of sulfonamides is 1. The number of nitrogens with two attached hydrogens (primary N) is 1. The molecule has 1 aliphatic heterocycles. The highest BCUT2D eigenvalue weighted by Gasteiger charge is 2.29. The van der Waals surface area contributed by atoms with Crippen LogP contribution in [0.25, 0.3) is 0 Å². The van der Waals surface area contributed by atoms with Crippen molar-refractivity contribution in [2.24, 2.45) is 5.73 Å². The van der Waals surface area contributed by atoms with E-state index in [2.05, 4.69) is 5.32 Å². The maximum atomic E-state index is 13.0. The first-order chi connectivity index (χ1) is 12.4. The van der Waals surface area contributed by atoms with Gasteiger partial charge < -0.3 is 20.5 Å². The summed E-state index contributed by atoms with van der Waals surface area (Å²) in [5.41, 5.74) is 5.91. The number of benzene rings is 1. The van der Waals surface area contributed by atoms with Crippen molar-refractivity contribution < 1.29 is 22.7 Å². The molecule has 1 fully saturated rings. The number of methoxy groups -OCH3 is 2. The Bertz CT molecular complexity index is 719. The van der Waals surface area contributed by atoms with Crippen LogP contribution in [0.2, 0.25) is 0 Å². The normalized spacial score (nSPS) is 16.3. The van der Waals surface area contributed by atoms with Crippen molar-refractivity contribution in [2.75, 3.05) is 39.2 Å². The van der Waals surface area contributed by atoms with Gasteiger partial charge in [0.2, 0.25) is 15.9 Å². The summed E-state index contributed by atoms with van der Waals surface area (Å²) < 4.78 is 37.7. The molecule has 1 aliphatic rings. The Morgan fingerprint density at radius 1 is 1.26 bits per heavy atom. The second-order valence-electron chi connectivity index (χ2n) is 6.18. The Balaban J connectivity index is 0.00000364. The summed E-state index contributed by atoms with van der Waals surface area (Å²) in [5.74, 6) is -0.0425. The molecule has 0 aromatic heterocycles. The Morgan fingerprint density at radius 2 is 1.93 bits per heavy atom. The molecule has 3 N–H and O–H groups in total. The van der Waals surface area contributed by atoms with Crippen LogP contribution in [0.3, 0.4) is 0 Å². The van der Waals surface area contributed by atoms with Crippen LogP contribution in [0, 0.1) is 0 Å². The lowest BCUT2D eigenvalue weighted by Gasteiger charge is -2.26. The van der Waals surface area contributed by atoms with E-state index in [0.29, 0.717) is 18.8 Å². The number of amides is 1. The van der Waals surface area contributed by atoms with Gasteiger partial charge >= 0.3 is 0 Å². The van der Waals surface area contributed by atoms with Crippen molar-refractivity contribution in [2.45, 2.75) is 36.7 Å². The summed E-state index contributed by atoms with van der Waals surface area (Å²) in [6.07, 6.45) is 2.42. The highest BCUT2D eigenvalue weighted by atomic mass is 35.5. The molecule has 27 heavy (non-hydrogen) atoms. The van der Waals surface area contributed by atoms with E-state index in [1.54, 1.807) is 12.1 Å². The van der Waals surface area contributed by atoms with Crippen LogP contribution < -0.4 is 15.8 Å². The quantitative estimate of drug-likeness (QED) is 0.659. The molecule has 1 heterocycles. The van der Waals surface area contributed by atoms with Crippen LogP contribution in [0.1, 0.15) is 25.7 Å². The van der Waals surface area contributed by atoms with Crippen molar-refractivity contribution >= 4 is 34.0 Å². The van der Waals surface area contributed by atoms with Gasteiger partial charge in [0, 0.05) is 32.4 Å². The average molecular weight is 422 g/mol. The first kappa shape index (κ1) is 23.6. The molecule has 0 bridgehead atoms. The summed E-state index contributed by atoms with van der Waals surface area (Å²) >= 11 is 0. The van der Waals surface area contributed by atoms with Crippen LogP contribution >= 0.6 is 12.4 Å². The molecular weight excluding hydrogens is 394 g/mol. The maximum absolute atomic E-state index is 13.0. The standard InChI is InChI=1S/C17H27N3O5S.ClH/c1-24-14(12-18)11-17(21)19-13-6-7-15(25-2)16(10-13)26(22,23)20-8-4-3-5-9-20;/h6-7,10,14H,3-5,8-9,11-12,18H2,1-2H3,(H,19,21);1H. The Labute approximate surface area is 166 Å². The third-order valence-corrected chi connectivity index (χ3v) is 6.31. The summed E-state index contributed by atoms with van der Waals surface area (Å²) in [6, 6.07) is 4.59. The largest absolute Gasteiger partial charge is 0.495 e. The summed E-state index contributed by atoms with van der Waals surface area (Å²) in [6.45, 7) is 1.21. The lowest BCUT2D eigenvalue weighted by Crippen LogP contribution is -2.35. The van der Waals surface area contributed by atoms with E-state index in [1.807, 2.05) is 0 Å². The fourth-order valence-corrected chi connectivity index (χ4v) is 4.58. The van der Waals surface area contributed by atoms with Crippen molar-refractivity contribution in [3.8, 4) is 5.75 Å². The number of carbonyl (C=O) groups is 1. The molecule has 8 nitrogen and oxygen atoms in total. The van der Waals surface area contributed by atoms with Gasteiger partial charge in [-0.05, 0) is 31.0 Å². The fraction of sp³-hybridized carbons (Fsp3) is 0.588. The number of nitrogens with one attached hydrogen (secondary N) is 1. The Hall–Kier alpha value is -1.39. The Kier molecular flexibility index (Phi) is 9.48. The van der Waals surface area contributed by atoms with Gasteiger partial charge in [-0.3, -0.25) is 4.79 Å². The SMILES string of the molecule is COc1ccc(NC(=O)CC(CN)OC)cc1S(=O)(=O)N1CCCCC1.Cl. The molecule has 1 aromatic carbocycles. The zero-order valence-corrected chi connectivity index (χ0v) is 17.3. The van der Waals surface area contributed by atoms with Gasteiger partial charge in [-0.25, -0.2) is 8.42 Å². The molecule has 1 saturated heterocycles. The molecule has 0 aliphatic carbocycles. The molecule has 0 radical (unpaired) electrons. The van der Waals surface area contributed by atoms with E-state index in [1.165, 1.54) is 24.6 Å². The minimum atomic E-state index is -3.68. The lowest BCUT2D eigenvalue weighted by molar-refractivity contribution is -0.118. The van der Waals surface area contributed by atoms with E-state index >= 15 is 0 Å². The molecule has 10 heteroatoms. The number of piperidine rings is 1. The third-order valence-electron chi connectivity index (χ3n) is 4.39. The molecule has 0 spiro atoms. The van der Waals surface area contributed by atoms with E-state index in [9.17, 15) is 13.2 Å². The molecule has 1 aromatic rings. The molecule has 0 saturated carbocycles. The highest BCUT2D eigenvalue weighted by molar-refractivity contribution is 7.89. The smallest absolute Gasteiger partial charge is 0.246 e. The average Bonchev–Trinajstić information content (AvgIpc) is 2.66. The molecule has 1 unspecified atom stereocenters. The third kappa shape index (κ3) is 6.05. The monoisotopic (exact) mass is 421 g/mol. The van der Waals surface area contributed by atoms with E-state index in [-0.39, 0.29) is 48.0 Å². The summed E-state index contributed by atoms with van der Waals surface area (Å²) in [7, 11) is -0.772. The molecule has 2 rings (SSSR count). The zero-order chi connectivity index (χ0) is 19.2. The number of hydrogen-bond acceptors (Lipinski definition) is 6. The van der Waals surface area contributed by atoms with Crippen molar-refractivity contribution in [1.82, 2.24) is 4.31 Å². The molecule has 1 atom stereocenters. The van der Waals surface area contributed by atoms with Crippen molar-refractivity contribution in [3.63, 3.8) is 0 Å². The fourth-order valence-electron chi connectivity index (χ4n) is 2.88. The van der Waals surface area contributed by atoms with Crippen molar-refractivity contribution in [3.05, 3.63) is 18.2 Å². The van der Waals surface area contributed by atoms with Gasteiger partial charge in [0.1, 0.15) is 10.6 Å². The second-order valence-corrected chi connectivity index (χ2v) is 8.08. The predicted octanol–water partition coefficient (Wildman–Crippen LogP) is 1.59. The summed E-state index contributed by atoms with van der Waals surface area (Å²) in [5, 5.41) is 2.69. The van der Waals surface area contributed by atoms with Crippen LogP contribution in [0.5, 0.6) is 5.75 Å². The number of rotatable bonds is 8. The minimum absolute atomic E-state index is 0. The number of halogens is 1. The predicted molar refractivity (Wildman–Crippen MR) is 106 cm³/mol. The van der Waals surface area contributed by atoms with Gasteiger partial charge in [-0.2, -0.15) is 4.31 Å². The maximum Gasteiger partial charge on any atom is 0.246 e. The van der Waals surface area contributed by atoms with Crippen LogP contribution in [-0.4, -0.2) is 58.6 Å². The Morgan fingerprint density at radius 3 is 2.48 bits per heavy atom. The number of nitrogens with zero attached hydrogens (tertiary/aromatic N) is 1. The van der Waals surface area contributed by atoms with Crippen molar-refractivity contribution in [1.29, 1.82) is 0 Å². The lowest BCUT2D eigenvalue weighted by atomic mass is 10.2. The van der Waals surface area contributed by atoms with Crippen LogP contribution in [0.4, 0.5) is 5.69 Å².